The number of benzene rings is 1. The molecule has 0 bridgehead atoms. The van der Waals surface area contributed by atoms with Crippen LogP contribution in [0.15, 0.2) is 18.2 Å². The van der Waals surface area contributed by atoms with Crippen molar-refractivity contribution in [3.63, 3.8) is 0 Å². The van der Waals surface area contributed by atoms with Crippen molar-refractivity contribution in [2.75, 3.05) is 18.4 Å². The van der Waals surface area contributed by atoms with Gasteiger partial charge in [0.1, 0.15) is 0 Å². The Hall–Kier alpha value is -1.95. The standard InChI is InChI=1S/C13H14N2O/c1-2-3-7-15-13(16)11-5-4-10-6-8-14-12(10)9-11/h4-5,9,14H,6-8H2,1H3,(H,15,16). The van der Waals surface area contributed by atoms with Crippen LogP contribution in [0, 0.1) is 11.8 Å². The van der Waals surface area contributed by atoms with Crippen LogP contribution >= 0.6 is 0 Å². The first-order chi connectivity index (χ1) is 7.81. The molecular formula is C13H14N2O. The lowest BCUT2D eigenvalue weighted by molar-refractivity contribution is 0.0959. The molecule has 0 aliphatic carbocycles. The Morgan fingerprint density at radius 3 is 3.25 bits per heavy atom. The van der Waals surface area contributed by atoms with Crippen LogP contribution < -0.4 is 10.6 Å². The van der Waals surface area contributed by atoms with Crippen LogP contribution in [0.2, 0.25) is 0 Å². The van der Waals surface area contributed by atoms with Gasteiger partial charge in [-0.25, -0.2) is 0 Å². The van der Waals surface area contributed by atoms with Crippen LogP contribution in [0.4, 0.5) is 5.69 Å². The molecule has 0 saturated heterocycles. The van der Waals surface area contributed by atoms with E-state index in [1.54, 1.807) is 6.92 Å². The number of carbonyl (C=O) groups is 1. The minimum absolute atomic E-state index is 0.0701. The van der Waals surface area contributed by atoms with Gasteiger partial charge in [-0.3, -0.25) is 4.79 Å². The smallest absolute Gasteiger partial charge is 0.252 e. The van der Waals surface area contributed by atoms with E-state index >= 15 is 0 Å². The summed E-state index contributed by atoms with van der Waals surface area (Å²) in [4.78, 5) is 11.7. The van der Waals surface area contributed by atoms with E-state index in [1.165, 1.54) is 5.56 Å². The molecule has 0 saturated carbocycles. The molecule has 82 valence electrons. The van der Waals surface area contributed by atoms with Crippen LogP contribution in [0.1, 0.15) is 22.8 Å². The van der Waals surface area contributed by atoms with Crippen molar-refractivity contribution < 1.29 is 4.79 Å². The van der Waals surface area contributed by atoms with Gasteiger partial charge in [0.05, 0.1) is 6.54 Å². The first-order valence-electron chi connectivity index (χ1n) is 5.36. The van der Waals surface area contributed by atoms with Crippen LogP contribution in [-0.4, -0.2) is 19.0 Å². The van der Waals surface area contributed by atoms with Crippen LogP contribution in [0.25, 0.3) is 0 Å². The van der Waals surface area contributed by atoms with Gasteiger partial charge in [-0.1, -0.05) is 12.0 Å². The lowest BCUT2D eigenvalue weighted by Crippen LogP contribution is -2.23. The van der Waals surface area contributed by atoms with Gasteiger partial charge in [0.25, 0.3) is 5.91 Å². The molecule has 3 nitrogen and oxygen atoms in total. The Morgan fingerprint density at radius 1 is 1.56 bits per heavy atom. The van der Waals surface area contributed by atoms with E-state index in [0.29, 0.717) is 12.1 Å². The van der Waals surface area contributed by atoms with E-state index in [1.807, 2.05) is 18.2 Å². The van der Waals surface area contributed by atoms with Gasteiger partial charge in [-0.2, -0.15) is 0 Å². The van der Waals surface area contributed by atoms with Crippen molar-refractivity contribution in [3.8, 4) is 11.8 Å². The van der Waals surface area contributed by atoms with Gasteiger partial charge in [-0.15, -0.1) is 5.92 Å². The first kappa shape index (κ1) is 10.6. The Bertz CT molecular complexity index is 469. The number of hydrogen-bond donors (Lipinski definition) is 2. The number of nitrogens with one attached hydrogen (secondary N) is 2. The maximum absolute atomic E-state index is 11.7. The molecule has 1 aliphatic rings. The molecule has 0 fully saturated rings. The van der Waals surface area contributed by atoms with E-state index in [0.717, 1.165) is 18.7 Å². The highest BCUT2D eigenvalue weighted by atomic mass is 16.1. The molecule has 0 aromatic heterocycles. The zero-order chi connectivity index (χ0) is 11.4. The second-order valence-electron chi connectivity index (χ2n) is 3.66. The third-order valence-electron chi connectivity index (χ3n) is 2.60. The fourth-order valence-corrected chi connectivity index (χ4v) is 1.75. The molecule has 1 aromatic rings. The second kappa shape index (κ2) is 4.71. The lowest BCUT2D eigenvalue weighted by atomic mass is 10.1. The number of fused-ring (bicyclic) bond motifs is 1. The van der Waals surface area contributed by atoms with Gasteiger partial charge in [0.2, 0.25) is 0 Å². The van der Waals surface area contributed by atoms with Crippen LogP contribution in [0.5, 0.6) is 0 Å². The van der Waals surface area contributed by atoms with E-state index in [-0.39, 0.29) is 5.91 Å². The molecule has 3 heteroatoms. The van der Waals surface area contributed by atoms with E-state index in [4.69, 9.17) is 0 Å². The maximum atomic E-state index is 11.7. The minimum Gasteiger partial charge on any atom is -0.384 e. The van der Waals surface area contributed by atoms with E-state index in [9.17, 15) is 4.79 Å². The van der Waals surface area contributed by atoms with Gasteiger partial charge in [0.15, 0.2) is 0 Å². The van der Waals surface area contributed by atoms with Crippen molar-refractivity contribution in [2.24, 2.45) is 0 Å². The SMILES string of the molecule is CC#CCNC(=O)c1ccc2c(c1)NCC2. The molecule has 0 atom stereocenters. The second-order valence-corrected chi connectivity index (χ2v) is 3.66. The third kappa shape index (κ3) is 2.17. The summed E-state index contributed by atoms with van der Waals surface area (Å²) in [5.74, 6) is 5.47. The van der Waals surface area contributed by atoms with Crippen LogP contribution in [-0.2, 0) is 6.42 Å². The molecule has 0 unspecified atom stereocenters. The molecule has 2 rings (SSSR count). The van der Waals surface area contributed by atoms with Crippen molar-refractivity contribution in [3.05, 3.63) is 29.3 Å². The lowest BCUT2D eigenvalue weighted by Gasteiger charge is -2.04. The molecular weight excluding hydrogens is 200 g/mol. The monoisotopic (exact) mass is 214 g/mol. The predicted octanol–water partition coefficient (Wildman–Crippen LogP) is 1.41. The summed E-state index contributed by atoms with van der Waals surface area (Å²) in [7, 11) is 0. The molecule has 1 amide bonds. The van der Waals surface area contributed by atoms with Gasteiger partial charge in [0, 0.05) is 17.8 Å². The molecule has 2 N–H and O–H groups in total. The van der Waals surface area contributed by atoms with Crippen molar-refractivity contribution in [1.82, 2.24) is 5.32 Å². The highest BCUT2D eigenvalue weighted by Crippen LogP contribution is 2.22. The molecule has 16 heavy (non-hydrogen) atoms. The van der Waals surface area contributed by atoms with Gasteiger partial charge >= 0.3 is 0 Å². The number of hydrogen-bond acceptors (Lipinski definition) is 2. The van der Waals surface area contributed by atoms with Crippen molar-refractivity contribution in [2.45, 2.75) is 13.3 Å². The summed E-state index contributed by atoms with van der Waals surface area (Å²) in [5, 5.41) is 6.01. The Kier molecular flexibility index (Phi) is 3.11. The average molecular weight is 214 g/mol. The number of carbonyl (C=O) groups excluding carboxylic acids is 1. The summed E-state index contributed by atoms with van der Waals surface area (Å²) in [5.41, 5.74) is 3.05. The largest absolute Gasteiger partial charge is 0.384 e. The molecule has 1 heterocycles. The predicted molar refractivity (Wildman–Crippen MR) is 64.4 cm³/mol. The quantitative estimate of drug-likeness (QED) is 0.731. The molecule has 0 spiro atoms. The highest BCUT2D eigenvalue weighted by molar-refractivity contribution is 5.95. The number of amides is 1. The maximum Gasteiger partial charge on any atom is 0.252 e. The molecule has 0 radical (unpaired) electrons. The number of anilines is 1. The van der Waals surface area contributed by atoms with E-state index in [2.05, 4.69) is 22.5 Å². The third-order valence-corrected chi connectivity index (χ3v) is 2.60. The summed E-state index contributed by atoms with van der Waals surface area (Å²) in [6.07, 6.45) is 1.04. The average Bonchev–Trinajstić information content (AvgIpc) is 2.76. The highest BCUT2D eigenvalue weighted by Gasteiger charge is 2.12. The van der Waals surface area contributed by atoms with Gasteiger partial charge in [-0.05, 0) is 31.0 Å². The summed E-state index contributed by atoms with van der Waals surface area (Å²) in [6.45, 7) is 3.12. The first-order valence-corrected chi connectivity index (χ1v) is 5.36. The minimum atomic E-state index is -0.0701. The summed E-state index contributed by atoms with van der Waals surface area (Å²) in [6, 6.07) is 5.77. The zero-order valence-electron chi connectivity index (χ0n) is 9.26. The van der Waals surface area contributed by atoms with Crippen LogP contribution in [0.3, 0.4) is 0 Å². The molecule has 1 aliphatic heterocycles. The summed E-state index contributed by atoms with van der Waals surface area (Å²) >= 11 is 0. The van der Waals surface area contributed by atoms with Gasteiger partial charge < -0.3 is 10.6 Å². The Balaban J connectivity index is 2.08. The fraction of sp³-hybridized carbons (Fsp3) is 0.308. The molecule has 1 aromatic carbocycles. The zero-order valence-corrected chi connectivity index (χ0v) is 9.26. The summed E-state index contributed by atoms with van der Waals surface area (Å²) < 4.78 is 0. The fourth-order valence-electron chi connectivity index (χ4n) is 1.75. The van der Waals surface area contributed by atoms with Crippen molar-refractivity contribution in [1.29, 1.82) is 0 Å². The Labute approximate surface area is 95.2 Å². The topological polar surface area (TPSA) is 41.1 Å². The number of rotatable bonds is 2. The van der Waals surface area contributed by atoms with E-state index < -0.39 is 0 Å². The Morgan fingerprint density at radius 2 is 2.44 bits per heavy atom. The normalized spacial score (nSPS) is 12.1. The van der Waals surface area contributed by atoms with Crippen molar-refractivity contribution >= 4 is 11.6 Å².